The zero-order valence-corrected chi connectivity index (χ0v) is 13.0. The van der Waals surface area contributed by atoms with Gasteiger partial charge >= 0.3 is 0 Å². The first kappa shape index (κ1) is 14.0. The van der Waals surface area contributed by atoms with E-state index in [-0.39, 0.29) is 11.1 Å². The van der Waals surface area contributed by atoms with Crippen molar-refractivity contribution in [3.8, 4) is 6.07 Å². The molecule has 3 aliphatic rings. The van der Waals surface area contributed by atoms with Crippen LogP contribution in [0.25, 0.3) is 0 Å². The molecule has 0 amide bonds. The molecule has 1 saturated heterocycles. The second kappa shape index (κ2) is 5.24. The van der Waals surface area contributed by atoms with E-state index in [4.69, 9.17) is 0 Å². The Kier molecular flexibility index (Phi) is 3.34. The monoisotopic (exact) mass is 297 g/mol. The van der Waals surface area contributed by atoms with E-state index in [1.54, 1.807) is 6.07 Å². The zero-order valence-electron chi connectivity index (χ0n) is 13.0. The highest BCUT2D eigenvalue weighted by atomic mass is 16.1. The maximum atomic E-state index is 12.1. The summed E-state index contributed by atoms with van der Waals surface area (Å²) in [5.41, 5.74) is 1.07. The van der Waals surface area contributed by atoms with Crippen LogP contribution in [0.4, 0.5) is 0 Å². The van der Waals surface area contributed by atoms with Gasteiger partial charge in [0.25, 0.3) is 5.56 Å². The molecule has 22 heavy (non-hydrogen) atoms. The topological polar surface area (TPSA) is 49.0 Å². The molecule has 4 rings (SSSR count). The van der Waals surface area contributed by atoms with Gasteiger partial charge in [-0.1, -0.05) is 25.3 Å². The molecular formula is C18H23N3O. The summed E-state index contributed by atoms with van der Waals surface area (Å²) in [7, 11) is 0. The summed E-state index contributed by atoms with van der Waals surface area (Å²) in [6, 6.07) is 8.32. The molecule has 1 aliphatic carbocycles. The summed E-state index contributed by atoms with van der Waals surface area (Å²) in [5.74, 6) is 0.923. The van der Waals surface area contributed by atoms with Crippen molar-refractivity contribution in [2.75, 3.05) is 13.1 Å². The average Bonchev–Trinajstić information content (AvgIpc) is 2.56. The summed E-state index contributed by atoms with van der Waals surface area (Å²) < 4.78 is 1.97. The Balaban J connectivity index is 1.66. The predicted molar refractivity (Wildman–Crippen MR) is 84.6 cm³/mol. The third kappa shape index (κ3) is 2.11. The molecule has 0 N–H and O–H groups in total. The van der Waals surface area contributed by atoms with Crippen LogP contribution < -0.4 is 5.56 Å². The fraction of sp³-hybridized carbons (Fsp3) is 0.667. The second-order valence-electron chi connectivity index (χ2n) is 7.31. The minimum atomic E-state index is -0.244. The fourth-order valence-corrected chi connectivity index (χ4v) is 4.88. The van der Waals surface area contributed by atoms with Crippen molar-refractivity contribution in [3.05, 3.63) is 34.2 Å². The van der Waals surface area contributed by atoms with Crippen LogP contribution in [0.3, 0.4) is 0 Å². The molecule has 2 fully saturated rings. The standard InChI is InChI=1S/C18H23N3O/c19-13-18(7-2-1-3-8-18)20-10-14-9-15(12-20)16-5-4-6-17(22)21(16)11-14/h4-6,14-15H,1-3,7-12H2. The SMILES string of the molecule is N#CC1(N2CC3CC(C2)c2cccc(=O)n2C3)CCCCC1. The maximum absolute atomic E-state index is 12.1. The molecule has 0 spiro atoms. The van der Waals surface area contributed by atoms with Gasteiger partial charge in [0.1, 0.15) is 5.54 Å². The lowest BCUT2D eigenvalue weighted by Crippen LogP contribution is -2.57. The van der Waals surface area contributed by atoms with E-state index in [1.165, 1.54) is 31.4 Å². The van der Waals surface area contributed by atoms with Crippen LogP contribution in [0.5, 0.6) is 0 Å². The van der Waals surface area contributed by atoms with E-state index in [2.05, 4.69) is 17.0 Å². The molecule has 116 valence electrons. The number of rotatable bonds is 1. The lowest BCUT2D eigenvalue weighted by molar-refractivity contribution is 0.0274. The number of likely N-dealkylation sites (tertiary alicyclic amines) is 1. The molecule has 0 radical (unpaired) electrons. The zero-order chi connectivity index (χ0) is 15.2. The highest BCUT2D eigenvalue weighted by Crippen LogP contribution is 2.41. The van der Waals surface area contributed by atoms with Crippen LogP contribution in [0, 0.1) is 17.2 Å². The van der Waals surface area contributed by atoms with Gasteiger partial charge in [-0.15, -0.1) is 0 Å². The van der Waals surface area contributed by atoms with Gasteiger partial charge in [0.15, 0.2) is 0 Å². The Morgan fingerprint density at radius 2 is 1.95 bits per heavy atom. The summed E-state index contributed by atoms with van der Waals surface area (Å²) in [4.78, 5) is 14.6. The third-order valence-corrected chi connectivity index (χ3v) is 5.97. The Morgan fingerprint density at radius 1 is 1.14 bits per heavy atom. The molecule has 1 aromatic rings. The van der Waals surface area contributed by atoms with Gasteiger partial charge in [-0.3, -0.25) is 9.69 Å². The van der Waals surface area contributed by atoms with E-state index in [0.717, 1.165) is 32.5 Å². The molecule has 0 aromatic carbocycles. The van der Waals surface area contributed by atoms with Crippen molar-refractivity contribution in [1.82, 2.24) is 9.47 Å². The normalized spacial score (nSPS) is 30.3. The number of hydrogen-bond acceptors (Lipinski definition) is 3. The van der Waals surface area contributed by atoms with Crippen molar-refractivity contribution in [2.45, 2.75) is 56.5 Å². The summed E-state index contributed by atoms with van der Waals surface area (Å²) in [6.07, 6.45) is 6.82. The van der Waals surface area contributed by atoms with Crippen molar-refractivity contribution < 1.29 is 0 Å². The highest BCUT2D eigenvalue weighted by molar-refractivity contribution is 5.19. The van der Waals surface area contributed by atoms with Gasteiger partial charge in [0, 0.05) is 37.3 Å². The Bertz CT molecular complexity index is 666. The summed E-state index contributed by atoms with van der Waals surface area (Å²) >= 11 is 0. The molecule has 3 heterocycles. The molecule has 4 heteroatoms. The summed E-state index contributed by atoms with van der Waals surface area (Å²) in [6.45, 7) is 2.74. The van der Waals surface area contributed by atoms with Crippen molar-refractivity contribution >= 4 is 0 Å². The van der Waals surface area contributed by atoms with Crippen LogP contribution in [-0.2, 0) is 6.54 Å². The Morgan fingerprint density at radius 3 is 2.73 bits per heavy atom. The first-order valence-corrected chi connectivity index (χ1v) is 8.58. The van der Waals surface area contributed by atoms with E-state index in [9.17, 15) is 10.1 Å². The average molecular weight is 297 g/mol. The molecular weight excluding hydrogens is 274 g/mol. The fourth-order valence-electron chi connectivity index (χ4n) is 4.88. The molecule has 2 atom stereocenters. The van der Waals surface area contributed by atoms with Crippen molar-refractivity contribution in [1.29, 1.82) is 5.26 Å². The number of fused-ring (bicyclic) bond motifs is 4. The largest absolute Gasteiger partial charge is 0.312 e. The van der Waals surface area contributed by atoms with Gasteiger partial charge in [-0.05, 0) is 31.2 Å². The maximum Gasteiger partial charge on any atom is 0.250 e. The van der Waals surface area contributed by atoms with Crippen LogP contribution in [0.2, 0.25) is 0 Å². The van der Waals surface area contributed by atoms with Gasteiger partial charge in [-0.25, -0.2) is 0 Å². The molecule has 1 saturated carbocycles. The number of aromatic nitrogens is 1. The smallest absolute Gasteiger partial charge is 0.250 e. The molecule has 1 aromatic heterocycles. The van der Waals surface area contributed by atoms with Crippen LogP contribution in [-0.4, -0.2) is 28.1 Å². The predicted octanol–water partition coefficient (Wildman–Crippen LogP) is 2.49. The van der Waals surface area contributed by atoms with E-state index < -0.39 is 0 Å². The first-order chi connectivity index (χ1) is 10.7. The quantitative estimate of drug-likeness (QED) is 0.800. The lowest BCUT2D eigenvalue weighted by atomic mass is 9.76. The molecule has 4 nitrogen and oxygen atoms in total. The highest BCUT2D eigenvalue weighted by Gasteiger charge is 2.44. The number of nitriles is 1. The Labute approximate surface area is 131 Å². The first-order valence-electron chi connectivity index (χ1n) is 8.58. The van der Waals surface area contributed by atoms with Gasteiger partial charge in [0.2, 0.25) is 0 Å². The number of hydrogen-bond donors (Lipinski definition) is 0. The minimum Gasteiger partial charge on any atom is -0.312 e. The molecule has 2 unspecified atom stereocenters. The molecule has 2 bridgehead atoms. The van der Waals surface area contributed by atoms with E-state index in [1.807, 2.05) is 10.6 Å². The van der Waals surface area contributed by atoms with Crippen LogP contribution in [0.1, 0.15) is 50.1 Å². The number of nitrogens with zero attached hydrogens (tertiary/aromatic N) is 3. The van der Waals surface area contributed by atoms with Gasteiger partial charge in [0.05, 0.1) is 6.07 Å². The Hall–Kier alpha value is -1.60. The third-order valence-electron chi connectivity index (χ3n) is 5.97. The van der Waals surface area contributed by atoms with Crippen molar-refractivity contribution in [2.24, 2.45) is 5.92 Å². The van der Waals surface area contributed by atoms with E-state index >= 15 is 0 Å². The number of piperidine rings is 1. The van der Waals surface area contributed by atoms with Crippen LogP contribution in [0.15, 0.2) is 23.0 Å². The minimum absolute atomic E-state index is 0.133. The van der Waals surface area contributed by atoms with Crippen LogP contribution >= 0.6 is 0 Å². The lowest BCUT2D eigenvalue weighted by Gasteiger charge is -2.50. The van der Waals surface area contributed by atoms with Crippen molar-refractivity contribution in [3.63, 3.8) is 0 Å². The molecule has 2 aliphatic heterocycles. The van der Waals surface area contributed by atoms with E-state index in [0.29, 0.717) is 11.8 Å². The van der Waals surface area contributed by atoms with Gasteiger partial charge < -0.3 is 4.57 Å². The second-order valence-corrected chi connectivity index (χ2v) is 7.31. The summed E-state index contributed by atoms with van der Waals surface area (Å²) in [5, 5.41) is 9.85. The number of pyridine rings is 1. The van der Waals surface area contributed by atoms with Gasteiger partial charge in [-0.2, -0.15) is 5.26 Å².